The maximum atomic E-state index is 4.17. The number of nitrogens with zero attached hydrogens (tertiary/aromatic N) is 2. The van der Waals surface area contributed by atoms with Crippen LogP contribution in [0.5, 0.6) is 0 Å². The van der Waals surface area contributed by atoms with E-state index in [0.29, 0.717) is 0 Å². The van der Waals surface area contributed by atoms with Gasteiger partial charge in [-0.05, 0) is 58.2 Å². The van der Waals surface area contributed by atoms with Crippen molar-refractivity contribution in [2.75, 3.05) is 13.1 Å². The van der Waals surface area contributed by atoms with Gasteiger partial charge in [0.25, 0.3) is 0 Å². The molecule has 0 aliphatic heterocycles. The molecule has 1 heterocycles. The number of aromatic nitrogens is 2. The second-order valence-corrected chi connectivity index (χ2v) is 6.44. The molecule has 2 N–H and O–H groups in total. The third-order valence-electron chi connectivity index (χ3n) is 2.59. The first-order chi connectivity index (χ1) is 8.53. The van der Waals surface area contributed by atoms with Crippen LogP contribution in [0.4, 0.5) is 0 Å². The second kappa shape index (κ2) is 7.81. The monoisotopic (exact) mass is 270 g/mol. The first kappa shape index (κ1) is 15.5. The van der Waals surface area contributed by atoms with Crippen molar-refractivity contribution in [3.05, 3.63) is 10.6 Å². The molecule has 5 heteroatoms. The van der Waals surface area contributed by atoms with Gasteiger partial charge in [0.05, 0.1) is 10.6 Å². The largest absolute Gasteiger partial charge is 0.312 e. The number of hydrogen-bond donors (Lipinski definition) is 2. The van der Waals surface area contributed by atoms with Gasteiger partial charge in [0.1, 0.15) is 0 Å². The zero-order valence-electron chi connectivity index (χ0n) is 12.0. The molecule has 0 unspecified atom stereocenters. The Labute approximate surface area is 115 Å². The first-order valence-corrected chi connectivity index (χ1v) is 7.56. The fourth-order valence-corrected chi connectivity index (χ4v) is 2.32. The van der Waals surface area contributed by atoms with E-state index in [2.05, 4.69) is 47.9 Å². The lowest BCUT2D eigenvalue weighted by molar-refractivity contribution is 0.418. The lowest BCUT2D eigenvalue weighted by Crippen LogP contribution is -2.37. The third-order valence-corrected chi connectivity index (χ3v) is 3.36. The summed E-state index contributed by atoms with van der Waals surface area (Å²) in [6.07, 6.45) is 3.32. The zero-order valence-corrected chi connectivity index (χ0v) is 12.9. The molecule has 0 atom stereocenters. The molecule has 0 saturated heterocycles. The fraction of sp³-hybridized carbons (Fsp3) is 0.846. The van der Waals surface area contributed by atoms with E-state index in [9.17, 15) is 0 Å². The van der Waals surface area contributed by atoms with Gasteiger partial charge in [-0.1, -0.05) is 17.8 Å². The normalized spacial score (nSPS) is 12.0. The molecule has 0 aliphatic carbocycles. The molecule has 1 rings (SSSR count). The van der Waals surface area contributed by atoms with Gasteiger partial charge < -0.3 is 10.6 Å². The third kappa shape index (κ3) is 6.42. The van der Waals surface area contributed by atoms with E-state index in [1.807, 2.05) is 0 Å². The van der Waals surface area contributed by atoms with Crippen LogP contribution in [0.1, 0.15) is 51.1 Å². The lowest BCUT2D eigenvalue weighted by atomic mass is 10.1. The van der Waals surface area contributed by atoms with Gasteiger partial charge in [0.2, 0.25) is 0 Å². The van der Waals surface area contributed by atoms with Crippen LogP contribution >= 0.6 is 11.5 Å². The lowest BCUT2D eigenvalue weighted by Gasteiger charge is -2.20. The standard InChI is InChI=1S/C13H26N4S/c1-5-7-11-12(18-17-16-11)10-14-8-6-9-15-13(2,3)4/h14-15H,5-10H2,1-4H3. The molecule has 0 amide bonds. The van der Waals surface area contributed by atoms with E-state index in [-0.39, 0.29) is 5.54 Å². The highest BCUT2D eigenvalue weighted by Crippen LogP contribution is 2.11. The highest BCUT2D eigenvalue weighted by molar-refractivity contribution is 7.05. The van der Waals surface area contributed by atoms with Gasteiger partial charge in [-0.2, -0.15) is 0 Å². The SMILES string of the molecule is CCCc1nnsc1CNCCCNC(C)(C)C. The number of nitrogens with one attached hydrogen (secondary N) is 2. The summed E-state index contributed by atoms with van der Waals surface area (Å²) in [5.74, 6) is 0. The van der Waals surface area contributed by atoms with Gasteiger partial charge in [-0.3, -0.25) is 0 Å². The van der Waals surface area contributed by atoms with Crippen molar-refractivity contribution < 1.29 is 0 Å². The molecule has 0 fully saturated rings. The van der Waals surface area contributed by atoms with Gasteiger partial charge >= 0.3 is 0 Å². The zero-order chi connectivity index (χ0) is 13.4. The Morgan fingerprint density at radius 2 is 2.00 bits per heavy atom. The average Bonchev–Trinajstić information content (AvgIpc) is 2.70. The highest BCUT2D eigenvalue weighted by Gasteiger charge is 2.08. The maximum Gasteiger partial charge on any atom is 0.0800 e. The maximum absolute atomic E-state index is 4.17. The molecule has 0 aromatic carbocycles. The summed E-state index contributed by atoms with van der Waals surface area (Å²) >= 11 is 1.52. The van der Waals surface area contributed by atoms with Gasteiger partial charge in [-0.25, -0.2) is 0 Å². The summed E-state index contributed by atoms with van der Waals surface area (Å²) in [6.45, 7) is 11.8. The van der Waals surface area contributed by atoms with Crippen molar-refractivity contribution in [1.82, 2.24) is 20.2 Å². The van der Waals surface area contributed by atoms with Crippen molar-refractivity contribution in [2.24, 2.45) is 0 Å². The van der Waals surface area contributed by atoms with Crippen molar-refractivity contribution in [3.63, 3.8) is 0 Å². The minimum atomic E-state index is 0.218. The minimum Gasteiger partial charge on any atom is -0.312 e. The highest BCUT2D eigenvalue weighted by atomic mass is 32.1. The van der Waals surface area contributed by atoms with E-state index < -0.39 is 0 Å². The van der Waals surface area contributed by atoms with E-state index in [4.69, 9.17) is 0 Å². The van der Waals surface area contributed by atoms with Crippen LogP contribution in [-0.2, 0) is 13.0 Å². The van der Waals surface area contributed by atoms with Crippen LogP contribution in [0.2, 0.25) is 0 Å². The summed E-state index contributed by atoms with van der Waals surface area (Å²) in [4.78, 5) is 1.29. The number of rotatable bonds is 8. The van der Waals surface area contributed by atoms with Crippen LogP contribution in [0, 0.1) is 0 Å². The fourth-order valence-electron chi connectivity index (χ4n) is 1.67. The predicted octanol–water partition coefficient (Wildman–Crippen LogP) is 2.36. The Hall–Kier alpha value is -0.520. The number of hydrogen-bond acceptors (Lipinski definition) is 5. The second-order valence-electron chi connectivity index (χ2n) is 5.60. The molecule has 18 heavy (non-hydrogen) atoms. The molecule has 104 valence electrons. The molecule has 4 nitrogen and oxygen atoms in total. The van der Waals surface area contributed by atoms with E-state index in [1.165, 1.54) is 22.1 Å². The predicted molar refractivity (Wildman–Crippen MR) is 78.0 cm³/mol. The summed E-state index contributed by atoms with van der Waals surface area (Å²) in [5, 5.41) is 11.1. The number of aryl methyl sites for hydroxylation is 1. The van der Waals surface area contributed by atoms with Crippen LogP contribution in [0.25, 0.3) is 0 Å². The van der Waals surface area contributed by atoms with Crippen molar-refractivity contribution in [3.8, 4) is 0 Å². The van der Waals surface area contributed by atoms with Crippen molar-refractivity contribution in [2.45, 2.75) is 59.0 Å². The topological polar surface area (TPSA) is 49.8 Å². The molecule has 1 aromatic rings. The van der Waals surface area contributed by atoms with Gasteiger partial charge in [0.15, 0.2) is 0 Å². The van der Waals surface area contributed by atoms with Gasteiger partial charge in [-0.15, -0.1) is 5.10 Å². The molecular formula is C13H26N4S. The Bertz CT molecular complexity index is 330. The van der Waals surface area contributed by atoms with E-state index in [0.717, 1.165) is 38.9 Å². The summed E-state index contributed by atoms with van der Waals surface area (Å²) in [5.41, 5.74) is 1.39. The Kier molecular flexibility index (Phi) is 6.75. The molecule has 0 radical (unpaired) electrons. The molecule has 0 aliphatic rings. The molecular weight excluding hydrogens is 244 g/mol. The van der Waals surface area contributed by atoms with Gasteiger partial charge in [0, 0.05) is 12.1 Å². The first-order valence-electron chi connectivity index (χ1n) is 6.79. The van der Waals surface area contributed by atoms with Crippen LogP contribution in [0.3, 0.4) is 0 Å². The van der Waals surface area contributed by atoms with Crippen molar-refractivity contribution in [1.29, 1.82) is 0 Å². The molecule has 0 bridgehead atoms. The van der Waals surface area contributed by atoms with Crippen LogP contribution in [0.15, 0.2) is 0 Å². The quantitative estimate of drug-likeness (QED) is 0.712. The average molecular weight is 270 g/mol. The Morgan fingerprint density at radius 3 is 2.67 bits per heavy atom. The van der Waals surface area contributed by atoms with Crippen LogP contribution < -0.4 is 10.6 Å². The molecule has 0 spiro atoms. The van der Waals surface area contributed by atoms with Crippen LogP contribution in [-0.4, -0.2) is 28.2 Å². The minimum absolute atomic E-state index is 0.218. The Balaban J connectivity index is 2.12. The van der Waals surface area contributed by atoms with E-state index in [1.54, 1.807) is 0 Å². The summed E-state index contributed by atoms with van der Waals surface area (Å²) < 4.78 is 4.03. The molecule has 0 saturated carbocycles. The van der Waals surface area contributed by atoms with Crippen molar-refractivity contribution >= 4 is 11.5 Å². The molecule has 1 aromatic heterocycles. The van der Waals surface area contributed by atoms with E-state index >= 15 is 0 Å². The summed E-state index contributed by atoms with van der Waals surface area (Å²) in [7, 11) is 0. The Morgan fingerprint density at radius 1 is 1.22 bits per heavy atom. The summed E-state index contributed by atoms with van der Waals surface area (Å²) in [6, 6.07) is 0. The smallest absolute Gasteiger partial charge is 0.0800 e.